The maximum Gasteiger partial charge on any atom is 0.245 e. The average Bonchev–Trinajstić information content (AvgIpc) is 2.72. The van der Waals surface area contributed by atoms with E-state index in [4.69, 9.17) is 0 Å². The highest BCUT2D eigenvalue weighted by Crippen LogP contribution is 2.26. The number of piperidine rings is 1. The summed E-state index contributed by atoms with van der Waals surface area (Å²) < 4.78 is 23.0. The lowest BCUT2D eigenvalue weighted by atomic mass is 10.0. The summed E-state index contributed by atoms with van der Waals surface area (Å²) in [6.45, 7) is 0.955. The smallest absolute Gasteiger partial charge is 0.245 e. The van der Waals surface area contributed by atoms with Crippen LogP contribution < -0.4 is 0 Å². The van der Waals surface area contributed by atoms with Gasteiger partial charge in [-0.15, -0.1) is 0 Å². The van der Waals surface area contributed by atoms with Gasteiger partial charge in [0, 0.05) is 24.9 Å². The van der Waals surface area contributed by atoms with Crippen LogP contribution in [0, 0.1) is 0 Å². The van der Waals surface area contributed by atoms with Gasteiger partial charge in [-0.3, -0.25) is 9.59 Å². The van der Waals surface area contributed by atoms with Gasteiger partial charge in [0.2, 0.25) is 11.8 Å². The lowest BCUT2D eigenvalue weighted by molar-refractivity contribution is -0.143. The number of rotatable bonds is 1. The van der Waals surface area contributed by atoms with E-state index < -0.39 is 21.9 Å². The molecule has 2 fully saturated rings. The molecule has 0 aliphatic carbocycles. The van der Waals surface area contributed by atoms with Crippen LogP contribution in [0.4, 0.5) is 0 Å². The molecule has 2 saturated heterocycles. The van der Waals surface area contributed by atoms with Gasteiger partial charge in [-0.2, -0.15) is 0 Å². The van der Waals surface area contributed by atoms with Gasteiger partial charge in [0.05, 0.1) is 11.8 Å². The fourth-order valence-electron chi connectivity index (χ4n) is 3.23. The number of carbonyl (C=O) groups excluding carboxylic acids is 2. The molecule has 2 atom stereocenters. The molecular formula is C13H18N2O4S. The predicted molar refractivity (Wildman–Crippen MR) is 72.4 cm³/mol. The summed E-state index contributed by atoms with van der Waals surface area (Å²) in [5.41, 5.74) is 0. The minimum Gasteiger partial charge on any atom is -0.333 e. The number of hydrogen-bond acceptors (Lipinski definition) is 4. The van der Waals surface area contributed by atoms with Crippen molar-refractivity contribution in [2.75, 3.05) is 18.8 Å². The first-order chi connectivity index (χ1) is 9.48. The van der Waals surface area contributed by atoms with Gasteiger partial charge in [-0.1, -0.05) is 0 Å². The van der Waals surface area contributed by atoms with E-state index in [1.165, 1.54) is 5.41 Å². The highest BCUT2D eigenvalue weighted by atomic mass is 32.2. The molecule has 0 aromatic heterocycles. The summed E-state index contributed by atoms with van der Waals surface area (Å²) in [6, 6.07) is -0.808. The molecule has 20 heavy (non-hydrogen) atoms. The van der Waals surface area contributed by atoms with Gasteiger partial charge in [0.1, 0.15) is 6.04 Å². The minimum atomic E-state index is -3.20. The monoisotopic (exact) mass is 298 g/mol. The fraction of sp³-hybridized carbons (Fsp3) is 0.692. The van der Waals surface area contributed by atoms with Crippen molar-refractivity contribution in [3.05, 3.63) is 11.5 Å². The van der Waals surface area contributed by atoms with E-state index in [-0.39, 0.29) is 24.0 Å². The molecule has 3 rings (SSSR count). The topological polar surface area (TPSA) is 74.8 Å². The van der Waals surface area contributed by atoms with Crippen LogP contribution in [0.15, 0.2) is 11.5 Å². The Hall–Kier alpha value is -1.37. The number of amides is 2. The number of fused-ring (bicyclic) bond motifs is 1. The molecule has 3 heterocycles. The summed E-state index contributed by atoms with van der Waals surface area (Å²) in [5, 5.41) is 1.18. The molecule has 0 aromatic carbocycles. The Balaban J connectivity index is 1.84. The van der Waals surface area contributed by atoms with Crippen molar-refractivity contribution in [3.8, 4) is 0 Å². The molecule has 0 spiro atoms. The maximum absolute atomic E-state index is 12.6. The second kappa shape index (κ2) is 4.87. The van der Waals surface area contributed by atoms with Crippen molar-refractivity contribution >= 4 is 21.7 Å². The summed E-state index contributed by atoms with van der Waals surface area (Å²) in [7, 11) is -3.20. The molecule has 110 valence electrons. The molecule has 7 heteroatoms. The third-order valence-electron chi connectivity index (χ3n) is 4.27. The molecule has 6 nitrogen and oxygen atoms in total. The number of nitrogens with zero attached hydrogens (tertiary/aromatic N) is 2. The maximum atomic E-state index is 12.6. The lowest BCUT2D eigenvalue weighted by Gasteiger charge is -2.35. The average molecular weight is 298 g/mol. The normalized spacial score (nSPS) is 33.2. The Morgan fingerprint density at radius 2 is 1.90 bits per heavy atom. The first-order valence-corrected chi connectivity index (χ1v) is 8.70. The zero-order valence-corrected chi connectivity index (χ0v) is 12.0. The van der Waals surface area contributed by atoms with Crippen LogP contribution in [0.25, 0.3) is 0 Å². The minimum absolute atomic E-state index is 0.00961. The van der Waals surface area contributed by atoms with E-state index in [0.717, 1.165) is 12.8 Å². The predicted octanol–water partition coefficient (Wildman–Crippen LogP) is -0.0895. The zero-order valence-electron chi connectivity index (χ0n) is 11.2. The first-order valence-electron chi connectivity index (χ1n) is 6.99. The molecule has 0 saturated carbocycles. The van der Waals surface area contributed by atoms with Crippen LogP contribution in [0.5, 0.6) is 0 Å². The highest BCUT2D eigenvalue weighted by Gasteiger charge is 2.41. The summed E-state index contributed by atoms with van der Waals surface area (Å²) in [5.74, 6) is -0.141. The number of sulfone groups is 1. The Morgan fingerprint density at radius 3 is 2.60 bits per heavy atom. The third-order valence-corrected chi connectivity index (χ3v) is 5.65. The second-order valence-electron chi connectivity index (χ2n) is 5.61. The van der Waals surface area contributed by atoms with Crippen molar-refractivity contribution in [3.63, 3.8) is 0 Å². The molecule has 0 bridgehead atoms. The molecular weight excluding hydrogens is 280 g/mol. The van der Waals surface area contributed by atoms with Crippen molar-refractivity contribution in [1.82, 2.24) is 9.80 Å². The first kappa shape index (κ1) is 13.6. The standard InChI is InChI=1S/C13H18N2O4S/c16-12-4-7-14(10-5-8-20(18,19)9-10)13(17)11-3-1-2-6-15(11)12/h5,8,10-11H,1-4,6-7,9H2. The number of hydrogen-bond donors (Lipinski definition) is 0. The quantitative estimate of drug-likeness (QED) is 0.678. The van der Waals surface area contributed by atoms with Crippen LogP contribution >= 0.6 is 0 Å². The Bertz CT molecular complexity index is 569. The van der Waals surface area contributed by atoms with Crippen LogP contribution in [0.3, 0.4) is 0 Å². The van der Waals surface area contributed by atoms with Crippen molar-refractivity contribution in [2.24, 2.45) is 0 Å². The Morgan fingerprint density at radius 1 is 1.10 bits per heavy atom. The van der Waals surface area contributed by atoms with Crippen LogP contribution in [-0.4, -0.2) is 61.0 Å². The zero-order chi connectivity index (χ0) is 14.3. The van der Waals surface area contributed by atoms with Crippen LogP contribution in [0.2, 0.25) is 0 Å². The molecule has 0 radical (unpaired) electrons. The molecule has 2 amide bonds. The van der Waals surface area contributed by atoms with Crippen molar-refractivity contribution in [1.29, 1.82) is 0 Å². The van der Waals surface area contributed by atoms with E-state index in [1.54, 1.807) is 15.9 Å². The highest BCUT2D eigenvalue weighted by molar-refractivity contribution is 7.94. The Labute approximate surface area is 118 Å². The second-order valence-corrected chi connectivity index (χ2v) is 7.54. The van der Waals surface area contributed by atoms with E-state index in [0.29, 0.717) is 19.5 Å². The van der Waals surface area contributed by atoms with E-state index in [1.807, 2.05) is 0 Å². The van der Waals surface area contributed by atoms with E-state index in [2.05, 4.69) is 0 Å². The van der Waals surface area contributed by atoms with Crippen LogP contribution in [0.1, 0.15) is 25.7 Å². The number of carbonyl (C=O) groups is 2. The van der Waals surface area contributed by atoms with Gasteiger partial charge in [0.15, 0.2) is 9.84 Å². The largest absolute Gasteiger partial charge is 0.333 e. The Kier molecular flexibility index (Phi) is 3.32. The third kappa shape index (κ3) is 2.34. The van der Waals surface area contributed by atoms with Crippen molar-refractivity contribution < 1.29 is 18.0 Å². The van der Waals surface area contributed by atoms with Gasteiger partial charge in [-0.25, -0.2) is 8.42 Å². The van der Waals surface area contributed by atoms with Gasteiger partial charge in [-0.05, 0) is 25.3 Å². The van der Waals surface area contributed by atoms with Crippen LogP contribution in [-0.2, 0) is 19.4 Å². The molecule has 3 aliphatic heterocycles. The lowest BCUT2D eigenvalue weighted by Crippen LogP contribution is -2.52. The van der Waals surface area contributed by atoms with Crippen molar-refractivity contribution in [2.45, 2.75) is 37.8 Å². The summed E-state index contributed by atoms with van der Waals surface area (Å²) in [4.78, 5) is 28.0. The van der Waals surface area contributed by atoms with Gasteiger partial charge in [0.25, 0.3) is 0 Å². The molecule has 3 aliphatic rings. The molecule has 2 unspecified atom stereocenters. The molecule has 0 N–H and O–H groups in total. The fourth-order valence-corrected chi connectivity index (χ4v) is 4.53. The summed E-state index contributed by atoms with van der Waals surface area (Å²) >= 11 is 0. The summed E-state index contributed by atoms with van der Waals surface area (Å²) in [6.07, 6.45) is 4.41. The molecule has 0 aromatic rings. The van der Waals surface area contributed by atoms with Gasteiger partial charge < -0.3 is 9.80 Å². The van der Waals surface area contributed by atoms with E-state index >= 15 is 0 Å². The van der Waals surface area contributed by atoms with E-state index in [9.17, 15) is 18.0 Å². The SMILES string of the molecule is O=C1C2CCCCN2C(=O)CCN1C1C=CS(=O)(=O)C1. The van der Waals surface area contributed by atoms with Gasteiger partial charge >= 0.3 is 0 Å².